The Labute approximate surface area is 194 Å². The monoisotopic (exact) mass is 451 g/mol. The van der Waals surface area contributed by atoms with Crippen molar-refractivity contribution in [1.82, 2.24) is 15.1 Å². The number of hydrogen-bond acceptors (Lipinski definition) is 4. The molecular formula is C25H45N3O4. The third-order valence-corrected chi connectivity index (χ3v) is 6.91. The average molecular weight is 452 g/mol. The molecule has 1 aliphatic heterocycles. The molecule has 1 fully saturated rings. The van der Waals surface area contributed by atoms with Crippen molar-refractivity contribution >= 4 is 17.8 Å². The van der Waals surface area contributed by atoms with Crippen LogP contribution in [0.5, 0.6) is 0 Å². The number of nitrogens with one attached hydrogen (secondary N) is 1. The molecule has 1 saturated heterocycles. The maximum absolute atomic E-state index is 13.5. The average Bonchev–Trinajstić information content (AvgIpc) is 2.73. The predicted molar refractivity (Wildman–Crippen MR) is 128 cm³/mol. The van der Waals surface area contributed by atoms with Crippen LogP contribution in [0.4, 0.5) is 0 Å². The van der Waals surface area contributed by atoms with E-state index >= 15 is 0 Å². The highest BCUT2D eigenvalue weighted by Gasteiger charge is 2.39. The molecule has 0 aromatic carbocycles. The molecular weight excluding hydrogens is 406 g/mol. The van der Waals surface area contributed by atoms with E-state index in [2.05, 4.69) is 31.0 Å². The predicted octanol–water partition coefficient (Wildman–Crippen LogP) is 3.68. The van der Waals surface area contributed by atoms with Crippen molar-refractivity contribution in [3.8, 4) is 0 Å². The largest absolute Gasteiger partial charge is 0.478 e. The van der Waals surface area contributed by atoms with E-state index in [-0.39, 0.29) is 46.8 Å². The summed E-state index contributed by atoms with van der Waals surface area (Å²) in [6.45, 7) is 16.6. The minimum absolute atomic E-state index is 0.0287. The van der Waals surface area contributed by atoms with Gasteiger partial charge in [0, 0.05) is 18.2 Å². The molecule has 0 bridgehead atoms. The van der Waals surface area contributed by atoms with Gasteiger partial charge in [0.15, 0.2) is 0 Å². The fourth-order valence-electron chi connectivity index (χ4n) is 4.34. The molecule has 0 aromatic rings. The number of carbonyl (C=O) groups excluding carboxylic acids is 2. The Hall–Kier alpha value is -1.89. The molecule has 0 spiro atoms. The van der Waals surface area contributed by atoms with Crippen molar-refractivity contribution < 1.29 is 19.5 Å². The molecule has 7 heteroatoms. The van der Waals surface area contributed by atoms with E-state index < -0.39 is 12.0 Å². The Kier molecular flexibility index (Phi) is 10.4. The van der Waals surface area contributed by atoms with Crippen LogP contribution in [0.1, 0.15) is 81.1 Å². The number of nitrogens with zero attached hydrogens (tertiary/aromatic N) is 2. The summed E-state index contributed by atoms with van der Waals surface area (Å²) in [5.74, 6) is -1.35. The van der Waals surface area contributed by atoms with Crippen molar-refractivity contribution in [2.75, 3.05) is 13.6 Å². The van der Waals surface area contributed by atoms with Gasteiger partial charge in [0.25, 0.3) is 0 Å². The van der Waals surface area contributed by atoms with E-state index in [0.29, 0.717) is 0 Å². The Morgan fingerprint density at radius 2 is 1.75 bits per heavy atom. The zero-order chi connectivity index (χ0) is 24.8. The van der Waals surface area contributed by atoms with Crippen LogP contribution in [0.15, 0.2) is 11.6 Å². The Balaban J connectivity index is 3.11. The molecule has 3 atom stereocenters. The van der Waals surface area contributed by atoms with Gasteiger partial charge in [-0.1, -0.05) is 47.1 Å². The fourth-order valence-corrected chi connectivity index (χ4v) is 4.34. The van der Waals surface area contributed by atoms with Gasteiger partial charge in [-0.15, -0.1) is 0 Å². The number of carboxylic acid groups (broad SMARTS) is 1. The number of carbonyl (C=O) groups is 3. The molecule has 1 rings (SSSR count). The van der Waals surface area contributed by atoms with Crippen LogP contribution >= 0.6 is 0 Å². The van der Waals surface area contributed by atoms with E-state index in [1.54, 1.807) is 18.0 Å². The number of carboxylic acids is 1. The normalized spacial score (nSPS) is 20.2. The first kappa shape index (κ1) is 28.1. The summed E-state index contributed by atoms with van der Waals surface area (Å²) >= 11 is 0. The number of amides is 2. The first-order valence-electron chi connectivity index (χ1n) is 12.0. The molecule has 2 N–H and O–H groups in total. The third-order valence-electron chi connectivity index (χ3n) is 6.91. The van der Waals surface area contributed by atoms with Gasteiger partial charge in [0.2, 0.25) is 11.8 Å². The standard InChI is InChI=1S/C25H45N3O4/c1-10-25(7,8)28-14-12-11-13-19(28)22(29)26-21(17(4)5)23(30)27(9)20(16(2)3)15-18(6)24(31)32/h15-17,19-21H,10-14H2,1-9H3,(H,26,29)(H,31,32)/b18-15+/t19?,20-,21+/m1/s1. The molecule has 32 heavy (non-hydrogen) atoms. The highest BCUT2D eigenvalue weighted by atomic mass is 16.4. The van der Waals surface area contributed by atoms with Crippen LogP contribution in [0.3, 0.4) is 0 Å². The van der Waals surface area contributed by atoms with Crippen LogP contribution < -0.4 is 5.32 Å². The van der Waals surface area contributed by atoms with Crippen molar-refractivity contribution in [2.24, 2.45) is 11.8 Å². The van der Waals surface area contributed by atoms with Gasteiger partial charge in [-0.3, -0.25) is 14.5 Å². The van der Waals surface area contributed by atoms with Gasteiger partial charge in [-0.25, -0.2) is 4.79 Å². The lowest BCUT2D eigenvalue weighted by Gasteiger charge is -2.45. The van der Waals surface area contributed by atoms with E-state index in [1.165, 1.54) is 6.92 Å². The molecule has 1 aliphatic rings. The van der Waals surface area contributed by atoms with Gasteiger partial charge in [0.05, 0.1) is 12.1 Å². The minimum atomic E-state index is -0.999. The van der Waals surface area contributed by atoms with Crippen molar-refractivity contribution in [2.45, 2.75) is 105 Å². The zero-order valence-electron chi connectivity index (χ0n) is 21.6. The Bertz CT molecular complexity index is 699. The molecule has 1 heterocycles. The maximum atomic E-state index is 13.5. The number of likely N-dealkylation sites (N-methyl/N-ethyl adjacent to an activating group) is 1. The second-order valence-corrected chi connectivity index (χ2v) is 10.4. The topological polar surface area (TPSA) is 90.0 Å². The van der Waals surface area contributed by atoms with Gasteiger partial charge in [-0.2, -0.15) is 0 Å². The quantitative estimate of drug-likeness (QED) is 0.495. The summed E-state index contributed by atoms with van der Waals surface area (Å²) in [5, 5.41) is 12.3. The Morgan fingerprint density at radius 3 is 2.22 bits per heavy atom. The summed E-state index contributed by atoms with van der Waals surface area (Å²) in [4.78, 5) is 42.0. The second kappa shape index (κ2) is 11.8. The molecule has 0 aliphatic carbocycles. The lowest BCUT2D eigenvalue weighted by Crippen LogP contribution is -2.61. The molecule has 1 unspecified atom stereocenters. The number of likely N-dealkylation sites (tertiary alicyclic amines) is 1. The molecule has 2 amide bonds. The van der Waals surface area contributed by atoms with Gasteiger partial charge >= 0.3 is 5.97 Å². The molecule has 0 aromatic heterocycles. The third kappa shape index (κ3) is 7.06. The smallest absolute Gasteiger partial charge is 0.331 e. The molecule has 184 valence electrons. The lowest BCUT2D eigenvalue weighted by molar-refractivity contribution is -0.141. The van der Waals surface area contributed by atoms with Crippen molar-refractivity contribution in [3.63, 3.8) is 0 Å². The van der Waals surface area contributed by atoms with E-state index in [4.69, 9.17) is 0 Å². The van der Waals surface area contributed by atoms with Crippen LogP contribution in [0.2, 0.25) is 0 Å². The van der Waals surface area contributed by atoms with Gasteiger partial charge < -0.3 is 15.3 Å². The highest BCUT2D eigenvalue weighted by Crippen LogP contribution is 2.28. The van der Waals surface area contributed by atoms with Crippen molar-refractivity contribution in [1.29, 1.82) is 0 Å². The van der Waals surface area contributed by atoms with E-state index in [1.807, 2.05) is 27.7 Å². The van der Waals surface area contributed by atoms with Crippen LogP contribution in [0, 0.1) is 11.8 Å². The first-order valence-corrected chi connectivity index (χ1v) is 12.0. The molecule has 0 saturated carbocycles. The maximum Gasteiger partial charge on any atom is 0.331 e. The fraction of sp³-hybridized carbons (Fsp3) is 0.800. The lowest BCUT2D eigenvalue weighted by atomic mass is 9.90. The first-order chi connectivity index (χ1) is 14.7. The summed E-state index contributed by atoms with van der Waals surface area (Å²) in [7, 11) is 1.69. The molecule has 7 nitrogen and oxygen atoms in total. The van der Waals surface area contributed by atoms with Crippen molar-refractivity contribution in [3.05, 3.63) is 11.6 Å². The Morgan fingerprint density at radius 1 is 1.16 bits per heavy atom. The van der Waals surface area contributed by atoms with Gasteiger partial charge in [-0.05, 0) is 58.4 Å². The molecule has 0 radical (unpaired) electrons. The number of hydrogen-bond donors (Lipinski definition) is 2. The number of piperidine rings is 1. The highest BCUT2D eigenvalue weighted by molar-refractivity contribution is 5.90. The van der Waals surface area contributed by atoms with Crippen LogP contribution in [-0.2, 0) is 14.4 Å². The zero-order valence-corrected chi connectivity index (χ0v) is 21.6. The summed E-state index contributed by atoms with van der Waals surface area (Å²) < 4.78 is 0. The SMILES string of the molecule is CCC(C)(C)N1CCCCC1C(=O)N[C@H](C(=O)N(C)[C@H](/C=C(\C)C(=O)O)C(C)C)C(C)C. The van der Waals surface area contributed by atoms with Crippen LogP contribution in [0.25, 0.3) is 0 Å². The van der Waals surface area contributed by atoms with E-state index in [0.717, 1.165) is 32.2 Å². The van der Waals surface area contributed by atoms with Crippen LogP contribution in [-0.4, -0.2) is 69.9 Å². The van der Waals surface area contributed by atoms with E-state index in [9.17, 15) is 19.5 Å². The van der Waals surface area contributed by atoms with Gasteiger partial charge in [0.1, 0.15) is 6.04 Å². The number of rotatable bonds is 10. The minimum Gasteiger partial charge on any atom is -0.478 e. The number of aliphatic carboxylic acids is 1. The summed E-state index contributed by atoms with van der Waals surface area (Å²) in [6, 6.07) is -1.28. The second-order valence-electron chi connectivity index (χ2n) is 10.4. The summed E-state index contributed by atoms with van der Waals surface area (Å²) in [6.07, 6.45) is 5.44. The summed E-state index contributed by atoms with van der Waals surface area (Å²) in [5.41, 5.74) is 0.117.